The van der Waals surface area contributed by atoms with E-state index in [0.29, 0.717) is 33.0 Å². The first kappa shape index (κ1) is 24.5. The second kappa shape index (κ2) is 9.95. The van der Waals surface area contributed by atoms with Gasteiger partial charge in [0.2, 0.25) is 5.91 Å². The molecule has 0 spiro atoms. The molecule has 0 aliphatic heterocycles. The molecular formula is C26H27FN4O3S. The lowest BCUT2D eigenvalue weighted by Gasteiger charge is -2.18. The maximum absolute atomic E-state index is 14.8. The van der Waals surface area contributed by atoms with E-state index < -0.39 is 16.6 Å². The van der Waals surface area contributed by atoms with E-state index in [-0.39, 0.29) is 29.2 Å². The van der Waals surface area contributed by atoms with Crippen LogP contribution >= 0.6 is 0 Å². The average molecular weight is 495 g/mol. The Kier molecular flexibility index (Phi) is 6.98. The number of halogens is 1. The van der Waals surface area contributed by atoms with Crippen molar-refractivity contribution in [3.8, 4) is 11.5 Å². The number of hydrogen-bond donors (Lipinski definition) is 1. The van der Waals surface area contributed by atoms with Crippen molar-refractivity contribution >= 4 is 33.3 Å². The topological polar surface area (TPSA) is 86.1 Å². The molecule has 9 heteroatoms. The Morgan fingerprint density at radius 2 is 1.97 bits per heavy atom. The van der Waals surface area contributed by atoms with Crippen LogP contribution in [0.25, 0.3) is 10.9 Å². The monoisotopic (exact) mass is 494 g/mol. The van der Waals surface area contributed by atoms with E-state index in [2.05, 4.69) is 15.4 Å². The summed E-state index contributed by atoms with van der Waals surface area (Å²) in [5, 5.41) is 7.69. The number of pyridine rings is 1. The molecule has 1 N–H and O–H groups in total. The van der Waals surface area contributed by atoms with Gasteiger partial charge in [-0.05, 0) is 56.7 Å². The van der Waals surface area contributed by atoms with Gasteiger partial charge in [0.15, 0.2) is 0 Å². The lowest BCUT2D eigenvalue weighted by atomic mass is 10.1. The third-order valence-corrected chi connectivity index (χ3v) is 6.66. The number of aromatic nitrogens is 3. The second-order valence-corrected chi connectivity index (χ2v) is 10.8. The predicted molar refractivity (Wildman–Crippen MR) is 135 cm³/mol. The van der Waals surface area contributed by atoms with Gasteiger partial charge in [-0.25, -0.2) is 4.39 Å². The number of nitrogens with one attached hydrogen (secondary N) is 1. The molecule has 1 atom stereocenters. The maximum atomic E-state index is 14.8. The van der Waals surface area contributed by atoms with Crippen molar-refractivity contribution in [2.24, 2.45) is 0 Å². The van der Waals surface area contributed by atoms with Gasteiger partial charge in [-0.2, -0.15) is 5.10 Å². The van der Waals surface area contributed by atoms with Crippen LogP contribution in [-0.4, -0.2) is 30.6 Å². The minimum Gasteiger partial charge on any atom is -0.456 e. The number of rotatable bonds is 7. The quantitative estimate of drug-likeness (QED) is 0.370. The van der Waals surface area contributed by atoms with Crippen LogP contribution in [-0.2, 0) is 27.6 Å². The highest BCUT2D eigenvalue weighted by atomic mass is 32.2. The predicted octanol–water partition coefficient (Wildman–Crippen LogP) is 5.43. The Labute approximate surface area is 205 Å². The molecule has 2 heterocycles. The summed E-state index contributed by atoms with van der Waals surface area (Å²) < 4.78 is 34.7. The number of benzene rings is 2. The molecule has 1 unspecified atom stereocenters. The highest BCUT2D eigenvalue weighted by Gasteiger charge is 2.16. The highest BCUT2D eigenvalue weighted by Crippen LogP contribution is 2.31. The third-order valence-electron chi connectivity index (χ3n) is 5.36. The Morgan fingerprint density at radius 3 is 2.66 bits per heavy atom. The number of fused-ring (bicyclic) bond motifs is 1. The van der Waals surface area contributed by atoms with Gasteiger partial charge in [0.05, 0.1) is 40.2 Å². The molecule has 0 radical (unpaired) electrons. The molecular weight excluding hydrogens is 467 g/mol. The summed E-state index contributed by atoms with van der Waals surface area (Å²) in [7, 11) is -1.12. The molecule has 4 rings (SSSR count). The zero-order valence-corrected chi connectivity index (χ0v) is 20.9. The molecule has 0 aliphatic rings. The summed E-state index contributed by atoms with van der Waals surface area (Å²) in [6, 6.07) is 11.4. The number of amides is 1. The van der Waals surface area contributed by atoms with E-state index in [4.69, 9.17) is 4.74 Å². The van der Waals surface area contributed by atoms with Crippen molar-refractivity contribution < 1.29 is 18.1 Å². The molecule has 0 saturated heterocycles. The average Bonchev–Trinajstić information content (AvgIpc) is 3.29. The van der Waals surface area contributed by atoms with Crippen LogP contribution in [0.5, 0.6) is 11.5 Å². The fourth-order valence-corrected chi connectivity index (χ4v) is 4.29. The Morgan fingerprint density at radius 1 is 1.17 bits per heavy atom. The molecule has 7 nitrogen and oxygen atoms in total. The summed E-state index contributed by atoms with van der Waals surface area (Å²) in [5.41, 5.74) is 1.28. The van der Waals surface area contributed by atoms with Gasteiger partial charge in [-0.15, -0.1) is 0 Å². The molecule has 4 aromatic rings. The van der Waals surface area contributed by atoms with Crippen LogP contribution < -0.4 is 10.1 Å². The molecule has 0 aliphatic carbocycles. The molecule has 0 fully saturated rings. The van der Waals surface area contributed by atoms with Gasteiger partial charge in [0, 0.05) is 34.5 Å². The van der Waals surface area contributed by atoms with Gasteiger partial charge in [0.1, 0.15) is 17.3 Å². The first-order valence-electron chi connectivity index (χ1n) is 11.2. The van der Waals surface area contributed by atoms with E-state index in [1.165, 1.54) is 12.1 Å². The fourth-order valence-electron chi connectivity index (χ4n) is 3.49. The largest absolute Gasteiger partial charge is 0.456 e. The minimum atomic E-state index is -1.12. The third kappa shape index (κ3) is 5.74. The van der Waals surface area contributed by atoms with Crippen LogP contribution in [0.2, 0.25) is 0 Å². The van der Waals surface area contributed by atoms with E-state index in [1.807, 2.05) is 27.7 Å². The standard InChI is InChI=1S/C26H27FN4O3S/c1-5-35(33)20-8-9-23-21(14-20)24(10-11-28-23)34-19-7-6-17(22(27)13-19)12-25(32)30-18-15-29-31(16-18)26(2,3)4/h6-11,13-16H,5,12H2,1-4H3,(H,30,32). The number of nitrogens with zero attached hydrogens (tertiary/aromatic N) is 3. The second-order valence-electron chi connectivity index (χ2n) is 9.05. The summed E-state index contributed by atoms with van der Waals surface area (Å²) >= 11 is 0. The number of carbonyl (C=O) groups is 1. The lowest BCUT2D eigenvalue weighted by molar-refractivity contribution is -0.115. The normalized spacial score (nSPS) is 12.5. The van der Waals surface area contributed by atoms with Gasteiger partial charge in [0.25, 0.3) is 0 Å². The SMILES string of the molecule is CCS(=O)c1ccc2nccc(Oc3ccc(CC(=O)Nc4cnn(C(C)(C)C)c4)c(F)c3)c2c1. The van der Waals surface area contributed by atoms with Crippen LogP contribution in [0.15, 0.2) is 66.0 Å². The number of hydrogen-bond acceptors (Lipinski definition) is 5. The molecule has 35 heavy (non-hydrogen) atoms. The molecule has 2 aromatic carbocycles. The van der Waals surface area contributed by atoms with E-state index in [0.717, 1.165) is 0 Å². The van der Waals surface area contributed by atoms with Gasteiger partial charge in [-0.3, -0.25) is 18.7 Å². The highest BCUT2D eigenvalue weighted by molar-refractivity contribution is 7.85. The maximum Gasteiger partial charge on any atom is 0.228 e. The molecule has 1 amide bonds. The van der Waals surface area contributed by atoms with Gasteiger partial charge < -0.3 is 10.1 Å². The Balaban J connectivity index is 1.48. The summed E-state index contributed by atoms with van der Waals surface area (Å²) in [6.07, 6.45) is 4.78. The van der Waals surface area contributed by atoms with Gasteiger partial charge in [-0.1, -0.05) is 13.0 Å². The van der Waals surface area contributed by atoms with Crippen LogP contribution in [0.3, 0.4) is 0 Å². The van der Waals surface area contributed by atoms with Crippen molar-refractivity contribution in [2.45, 2.75) is 44.6 Å². The number of carbonyl (C=O) groups excluding carboxylic acids is 1. The van der Waals surface area contributed by atoms with Crippen molar-refractivity contribution in [2.75, 3.05) is 11.1 Å². The number of anilines is 1. The zero-order chi connectivity index (χ0) is 25.2. The molecule has 0 bridgehead atoms. The lowest BCUT2D eigenvalue weighted by Crippen LogP contribution is -2.22. The van der Waals surface area contributed by atoms with Crippen LogP contribution in [0.4, 0.5) is 10.1 Å². The Hall–Kier alpha value is -3.59. The Bertz CT molecular complexity index is 1410. The van der Waals surface area contributed by atoms with Crippen molar-refractivity contribution in [3.63, 3.8) is 0 Å². The smallest absolute Gasteiger partial charge is 0.228 e. The molecule has 2 aromatic heterocycles. The first-order chi connectivity index (χ1) is 16.6. The van der Waals surface area contributed by atoms with E-state index in [1.54, 1.807) is 53.6 Å². The van der Waals surface area contributed by atoms with Crippen molar-refractivity contribution in [3.05, 3.63) is 72.4 Å². The molecule has 182 valence electrons. The zero-order valence-electron chi connectivity index (χ0n) is 20.0. The van der Waals surface area contributed by atoms with Crippen LogP contribution in [0.1, 0.15) is 33.3 Å². The fraction of sp³-hybridized carbons (Fsp3) is 0.269. The molecule has 0 saturated carbocycles. The van der Waals surface area contributed by atoms with Gasteiger partial charge >= 0.3 is 0 Å². The summed E-state index contributed by atoms with van der Waals surface area (Å²) in [5.74, 6) is 0.372. The number of ether oxygens (including phenoxy) is 1. The minimum absolute atomic E-state index is 0.128. The first-order valence-corrected chi connectivity index (χ1v) is 12.5. The van der Waals surface area contributed by atoms with E-state index in [9.17, 15) is 13.4 Å². The van der Waals surface area contributed by atoms with Crippen LogP contribution in [0, 0.1) is 5.82 Å². The van der Waals surface area contributed by atoms with E-state index >= 15 is 0 Å². The van der Waals surface area contributed by atoms with Crippen molar-refractivity contribution in [1.29, 1.82) is 0 Å². The summed E-state index contributed by atoms with van der Waals surface area (Å²) in [6.45, 7) is 7.86. The van der Waals surface area contributed by atoms with Crippen molar-refractivity contribution in [1.82, 2.24) is 14.8 Å². The summed E-state index contributed by atoms with van der Waals surface area (Å²) in [4.78, 5) is 17.4.